The van der Waals surface area contributed by atoms with Crippen molar-refractivity contribution < 1.29 is 9.59 Å². The van der Waals surface area contributed by atoms with E-state index < -0.39 is 6.04 Å². The Morgan fingerprint density at radius 2 is 1.94 bits per heavy atom. The molecule has 5 nitrogen and oxygen atoms in total. The summed E-state index contributed by atoms with van der Waals surface area (Å²) in [6, 6.07) is 5.89. The molecule has 0 aromatic heterocycles. The minimum absolute atomic E-state index is 0.125. The quantitative estimate of drug-likeness (QED) is 0.631. The average Bonchev–Trinajstić information content (AvgIpc) is 2.65. The van der Waals surface area contributed by atoms with E-state index in [0.717, 1.165) is 6.42 Å². The van der Waals surface area contributed by atoms with E-state index in [-0.39, 0.29) is 17.9 Å². The van der Waals surface area contributed by atoms with E-state index in [4.69, 9.17) is 5.73 Å². The Bertz CT molecular complexity index is 470. The highest BCUT2D eigenvalue weighted by atomic mass is 16.2. The first-order valence-electron chi connectivity index (χ1n) is 6.04. The molecule has 3 N–H and O–H groups in total. The van der Waals surface area contributed by atoms with Crippen LogP contribution in [-0.2, 0) is 4.79 Å². The highest BCUT2D eigenvalue weighted by molar-refractivity contribution is 6.21. The Balaban J connectivity index is 2.27. The predicted octanol–water partition coefficient (Wildman–Crippen LogP) is 1.74. The van der Waals surface area contributed by atoms with Gasteiger partial charge < -0.3 is 11.1 Å². The number of nitrogens with one attached hydrogen (secondary N) is 1. The van der Waals surface area contributed by atoms with E-state index in [1.54, 1.807) is 24.3 Å². The molecule has 0 bridgehead atoms. The maximum atomic E-state index is 12.2. The van der Waals surface area contributed by atoms with Gasteiger partial charge >= 0.3 is 6.03 Å². The number of carbonyl (C=O) groups is 2. The lowest BCUT2D eigenvalue weighted by Crippen LogP contribution is -2.35. The number of nitrogen functional groups attached to an aromatic ring is 1. The van der Waals surface area contributed by atoms with Crippen LogP contribution in [0.4, 0.5) is 16.2 Å². The highest BCUT2D eigenvalue weighted by Crippen LogP contribution is 2.24. The molecule has 1 aliphatic heterocycles. The fourth-order valence-corrected chi connectivity index (χ4v) is 1.99. The molecule has 1 saturated heterocycles. The van der Waals surface area contributed by atoms with E-state index in [9.17, 15) is 9.59 Å². The molecule has 1 fully saturated rings. The van der Waals surface area contributed by atoms with E-state index in [1.807, 2.05) is 13.8 Å². The molecular formula is C13H17N3O2. The number of rotatable bonds is 3. The van der Waals surface area contributed by atoms with Crippen LogP contribution in [0.25, 0.3) is 0 Å². The van der Waals surface area contributed by atoms with E-state index in [1.165, 1.54) is 4.90 Å². The summed E-state index contributed by atoms with van der Waals surface area (Å²) < 4.78 is 0. The maximum Gasteiger partial charge on any atom is 0.329 e. The van der Waals surface area contributed by atoms with Crippen molar-refractivity contribution in [3.8, 4) is 0 Å². The second-order valence-corrected chi connectivity index (χ2v) is 4.58. The molecule has 3 amide bonds. The zero-order valence-electron chi connectivity index (χ0n) is 10.5. The SMILES string of the molecule is CCC(C)C1NC(=O)N(c2ccc(N)cc2)C1=O. The molecule has 0 radical (unpaired) electrons. The van der Waals surface area contributed by atoms with Crippen molar-refractivity contribution in [2.24, 2.45) is 5.92 Å². The van der Waals surface area contributed by atoms with Gasteiger partial charge in [-0.05, 0) is 30.2 Å². The summed E-state index contributed by atoms with van der Waals surface area (Å²) in [6.07, 6.45) is 0.840. The van der Waals surface area contributed by atoms with Gasteiger partial charge in [0, 0.05) is 5.69 Å². The van der Waals surface area contributed by atoms with Crippen molar-refractivity contribution >= 4 is 23.3 Å². The molecule has 2 rings (SSSR count). The Labute approximate surface area is 106 Å². The number of imide groups is 1. The van der Waals surface area contributed by atoms with Crippen molar-refractivity contribution in [2.45, 2.75) is 26.3 Å². The van der Waals surface area contributed by atoms with Crippen LogP contribution in [0.15, 0.2) is 24.3 Å². The van der Waals surface area contributed by atoms with E-state index in [2.05, 4.69) is 5.32 Å². The van der Waals surface area contributed by atoms with Gasteiger partial charge in [0.2, 0.25) is 0 Å². The van der Waals surface area contributed by atoms with Crippen LogP contribution in [0.3, 0.4) is 0 Å². The smallest absolute Gasteiger partial charge is 0.329 e. The molecule has 0 aliphatic carbocycles. The molecule has 1 aromatic rings. The number of amides is 3. The molecule has 2 atom stereocenters. The lowest BCUT2D eigenvalue weighted by molar-refractivity contribution is -0.119. The summed E-state index contributed by atoms with van der Waals surface area (Å²) in [6.45, 7) is 3.95. The molecule has 1 aliphatic rings. The highest BCUT2D eigenvalue weighted by Gasteiger charge is 2.41. The number of hydrogen-bond donors (Lipinski definition) is 2. The second-order valence-electron chi connectivity index (χ2n) is 4.58. The maximum absolute atomic E-state index is 12.2. The third-order valence-corrected chi connectivity index (χ3v) is 3.33. The van der Waals surface area contributed by atoms with Crippen molar-refractivity contribution in [1.29, 1.82) is 0 Å². The summed E-state index contributed by atoms with van der Waals surface area (Å²) in [4.78, 5) is 25.3. The zero-order chi connectivity index (χ0) is 13.3. The van der Waals surface area contributed by atoms with Gasteiger partial charge in [0.15, 0.2) is 0 Å². The Hall–Kier alpha value is -2.04. The van der Waals surface area contributed by atoms with Gasteiger partial charge in [-0.3, -0.25) is 4.79 Å². The molecule has 0 spiro atoms. The number of nitrogens with zero attached hydrogens (tertiary/aromatic N) is 1. The molecule has 1 heterocycles. The van der Waals surface area contributed by atoms with Crippen LogP contribution >= 0.6 is 0 Å². The van der Waals surface area contributed by atoms with Gasteiger partial charge in [0.1, 0.15) is 6.04 Å². The van der Waals surface area contributed by atoms with Gasteiger partial charge in [0.25, 0.3) is 5.91 Å². The van der Waals surface area contributed by atoms with Crippen LogP contribution in [0, 0.1) is 5.92 Å². The minimum atomic E-state index is -0.431. The topological polar surface area (TPSA) is 75.4 Å². The molecule has 1 aromatic carbocycles. The largest absolute Gasteiger partial charge is 0.399 e. The minimum Gasteiger partial charge on any atom is -0.399 e. The van der Waals surface area contributed by atoms with Gasteiger partial charge in [-0.25, -0.2) is 9.69 Å². The number of hydrogen-bond acceptors (Lipinski definition) is 3. The molecule has 0 saturated carbocycles. The fraction of sp³-hybridized carbons (Fsp3) is 0.385. The first kappa shape index (κ1) is 12.4. The van der Waals surface area contributed by atoms with Crippen LogP contribution in [0.1, 0.15) is 20.3 Å². The summed E-state index contributed by atoms with van der Waals surface area (Å²) in [5.74, 6) is -0.0700. The van der Waals surface area contributed by atoms with Crippen molar-refractivity contribution in [3.63, 3.8) is 0 Å². The summed E-state index contributed by atoms with van der Waals surface area (Å²) >= 11 is 0. The first-order chi connectivity index (χ1) is 8.54. The standard InChI is InChI=1S/C13H17N3O2/c1-3-8(2)11-12(17)16(13(18)15-11)10-6-4-9(14)5-7-10/h4-8,11H,3,14H2,1-2H3,(H,15,18). The molecule has 5 heteroatoms. The van der Waals surface area contributed by atoms with Gasteiger partial charge in [0.05, 0.1) is 5.69 Å². The van der Waals surface area contributed by atoms with E-state index in [0.29, 0.717) is 11.4 Å². The monoisotopic (exact) mass is 247 g/mol. The van der Waals surface area contributed by atoms with Gasteiger partial charge in [-0.15, -0.1) is 0 Å². The number of carbonyl (C=O) groups excluding carboxylic acids is 2. The summed E-state index contributed by atoms with van der Waals surface area (Å²) in [5.41, 5.74) is 6.74. The van der Waals surface area contributed by atoms with Crippen LogP contribution < -0.4 is 16.0 Å². The second kappa shape index (κ2) is 4.68. The Morgan fingerprint density at radius 1 is 1.33 bits per heavy atom. The fourth-order valence-electron chi connectivity index (χ4n) is 1.99. The lowest BCUT2D eigenvalue weighted by Gasteiger charge is -2.16. The van der Waals surface area contributed by atoms with Crippen molar-refractivity contribution in [1.82, 2.24) is 5.32 Å². The summed E-state index contributed by atoms with van der Waals surface area (Å²) in [5, 5.41) is 2.72. The number of nitrogens with two attached hydrogens (primary N) is 1. The van der Waals surface area contributed by atoms with Crippen molar-refractivity contribution in [3.05, 3.63) is 24.3 Å². The van der Waals surface area contributed by atoms with Crippen LogP contribution in [0.2, 0.25) is 0 Å². The number of urea groups is 1. The molecular weight excluding hydrogens is 230 g/mol. The Morgan fingerprint density at radius 3 is 2.50 bits per heavy atom. The lowest BCUT2D eigenvalue weighted by atomic mass is 9.99. The van der Waals surface area contributed by atoms with E-state index >= 15 is 0 Å². The average molecular weight is 247 g/mol. The molecule has 18 heavy (non-hydrogen) atoms. The van der Waals surface area contributed by atoms with Gasteiger partial charge in [-0.2, -0.15) is 0 Å². The third kappa shape index (κ3) is 2.03. The van der Waals surface area contributed by atoms with Crippen LogP contribution in [0.5, 0.6) is 0 Å². The zero-order valence-corrected chi connectivity index (χ0v) is 10.5. The van der Waals surface area contributed by atoms with Gasteiger partial charge in [-0.1, -0.05) is 20.3 Å². The van der Waals surface area contributed by atoms with Crippen LogP contribution in [-0.4, -0.2) is 18.0 Å². The normalized spacial score (nSPS) is 21.0. The Kier molecular flexibility index (Phi) is 3.23. The first-order valence-corrected chi connectivity index (χ1v) is 6.04. The third-order valence-electron chi connectivity index (χ3n) is 3.33. The number of anilines is 2. The van der Waals surface area contributed by atoms with Crippen molar-refractivity contribution in [2.75, 3.05) is 10.6 Å². The number of benzene rings is 1. The predicted molar refractivity (Wildman–Crippen MR) is 70.1 cm³/mol. The summed E-state index contributed by atoms with van der Waals surface area (Å²) in [7, 11) is 0. The molecule has 2 unspecified atom stereocenters. The molecule has 96 valence electrons.